The summed E-state index contributed by atoms with van der Waals surface area (Å²) in [5, 5.41) is 2.25. The molecule has 2 aromatic rings. The van der Waals surface area contributed by atoms with Crippen molar-refractivity contribution in [2.75, 3.05) is 23.4 Å². The maximum atomic E-state index is 12.7. The van der Waals surface area contributed by atoms with Gasteiger partial charge in [0.2, 0.25) is 5.91 Å². The van der Waals surface area contributed by atoms with Crippen molar-refractivity contribution < 1.29 is 32.3 Å². The molecule has 9 heteroatoms. The minimum Gasteiger partial charge on any atom is -0.455 e. The molecule has 1 heterocycles. The Balaban J connectivity index is 1.52. The minimum atomic E-state index is -4.53. The van der Waals surface area contributed by atoms with E-state index < -0.39 is 36.1 Å². The molecule has 2 amide bonds. The number of amides is 2. The number of rotatable bonds is 5. The third kappa shape index (κ3) is 5.13. The summed E-state index contributed by atoms with van der Waals surface area (Å²) in [6.07, 6.45) is -4.57. The molecule has 1 atom stereocenters. The van der Waals surface area contributed by atoms with E-state index in [1.54, 1.807) is 30.3 Å². The fourth-order valence-corrected chi connectivity index (χ4v) is 2.95. The van der Waals surface area contributed by atoms with Gasteiger partial charge in [0, 0.05) is 24.3 Å². The smallest absolute Gasteiger partial charge is 0.416 e. The van der Waals surface area contributed by atoms with Crippen LogP contribution in [0.1, 0.15) is 12.0 Å². The number of ether oxygens (including phenoxy) is 1. The lowest BCUT2D eigenvalue weighted by molar-refractivity contribution is -0.151. The first kappa shape index (κ1) is 20.4. The van der Waals surface area contributed by atoms with Crippen LogP contribution < -0.4 is 10.2 Å². The number of esters is 1. The van der Waals surface area contributed by atoms with E-state index in [1.807, 2.05) is 0 Å². The van der Waals surface area contributed by atoms with Gasteiger partial charge in [-0.1, -0.05) is 24.3 Å². The van der Waals surface area contributed by atoms with Crippen molar-refractivity contribution in [3.63, 3.8) is 0 Å². The summed E-state index contributed by atoms with van der Waals surface area (Å²) in [7, 11) is 0. The van der Waals surface area contributed by atoms with Gasteiger partial charge in [0.25, 0.3) is 5.91 Å². The molecule has 1 fully saturated rings. The SMILES string of the molecule is O=C(COC(=O)[C@@H]1CC(=O)N(c2ccccc2)C1)Nc1cccc(C(F)(F)F)c1. The Hall–Kier alpha value is -3.36. The summed E-state index contributed by atoms with van der Waals surface area (Å²) in [5.41, 5.74) is -0.306. The molecule has 0 aromatic heterocycles. The van der Waals surface area contributed by atoms with Crippen molar-refractivity contribution >= 4 is 29.2 Å². The Bertz CT molecular complexity index is 915. The molecule has 1 N–H and O–H groups in total. The molecule has 0 unspecified atom stereocenters. The first-order valence-corrected chi connectivity index (χ1v) is 8.73. The Kier molecular flexibility index (Phi) is 5.86. The van der Waals surface area contributed by atoms with Crippen LogP contribution in [0.4, 0.5) is 24.5 Å². The van der Waals surface area contributed by atoms with Crippen molar-refractivity contribution in [1.82, 2.24) is 0 Å². The molecule has 29 heavy (non-hydrogen) atoms. The fourth-order valence-electron chi connectivity index (χ4n) is 2.95. The highest BCUT2D eigenvalue weighted by atomic mass is 19.4. The van der Waals surface area contributed by atoms with Crippen LogP contribution in [0.3, 0.4) is 0 Å². The standard InChI is InChI=1S/C20H17F3N2O4/c21-20(22,23)14-5-4-6-15(10-14)24-17(26)12-29-19(28)13-9-18(27)25(11-13)16-7-2-1-3-8-16/h1-8,10,13H,9,11-12H2,(H,24,26)/t13-/m1/s1. The average molecular weight is 406 g/mol. The number of carbonyl (C=O) groups is 3. The van der Waals surface area contributed by atoms with Gasteiger partial charge >= 0.3 is 12.1 Å². The molecule has 0 saturated carbocycles. The van der Waals surface area contributed by atoms with Crippen molar-refractivity contribution in [1.29, 1.82) is 0 Å². The topological polar surface area (TPSA) is 75.7 Å². The Morgan fingerprint density at radius 1 is 1.10 bits per heavy atom. The number of alkyl halides is 3. The number of hydrogen-bond donors (Lipinski definition) is 1. The highest BCUT2D eigenvalue weighted by Gasteiger charge is 2.36. The molecule has 0 aliphatic carbocycles. The summed E-state index contributed by atoms with van der Waals surface area (Å²) in [5.74, 6) is -2.44. The van der Waals surface area contributed by atoms with Crippen LogP contribution in [-0.4, -0.2) is 30.9 Å². The largest absolute Gasteiger partial charge is 0.455 e. The normalized spacial score (nSPS) is 16.6. The quantitative estimate of drug-likeness (QED) is 0.774. The number of benzene rings is 2. The van der Waals surface area contributed by atoms with Gasteiger partial charge in [-0.2, -0.15) is 13.2 Å². The number of nitrogens with zero attached hydrogens (tertiary/aromatic N) is 1. The molecule has 3 rings (SSSR count). The van der Waals surface area contributed by atoms with Gasteiger partial charge in [-0.15, -0.1) is 0 Å². The Morgan fingerprint density at radius 2 is 1.83 bits per heavy atom. The second-order valence-corrected chi connectivity index (χ2v) is 6.48. The van der Waals surface area contributed by atoms with Crippen molar-refractivity contribution in [3.05, 3.63) is 60.2 Å². The Labute approximate surface area is 164 Å². The van der Waals surface area contributed by atoms with Gasteiger partial charge in [0.1, 0.15) is 0 Å². The van der Waals surface area contributed by atoms with E-state index in [2.05, 4.69) is 5.32 Å². The molecule has 2 aromatic carbocycles. The van der Waals surface area contributed by atoms with Crippen molar-refractivity contribution in [2.45, 2.75) is 12.6 Å². The zero-order valence-electron chi connectivity index (χ0n) is 15.1. The van der Waals surface area contributed by atoms with Crippen LogP contribution in [0, 0.1) is 5.92 Å². The first-order chi connectivity index (χ1) is 13.7. The minimum absolute atomic E-state index is 0.0387. The van der Waals surface area contributed by atoms with Crippen LogP contribution in [-0.2, 0) is 25.3 Å². The molecule has 1 aliphatic heterocycles. The van der Waals surface area contributed by atoms with Gasteiger partial charge < -0.3 is 15.0 Å². The molecule has 0 bridgehead atoms. The molecule has 1 saturated heterocycles. The van der Waals surface area contributed by atoms with Gasteiger partial charge in [-0.25, -0.2) is 0 Å². The summed E-state index contributed by atoms with van der Waals surface area (Å²) in [6, 6.07) is 13.0. The van der Waals surface area contributed by atoms with E-state index in [1.165, 1.54) is 11.0 Å². The number of halogens is 3. The molecule has 1 aliphatic rings. The molecule has 0 radical (unpaired) electrons. The maximum Gasteiger partial charge on any atom is 0.416 e. The van der Waals surface area contributed by atoms with E-state index in [-0.39, 0.29) is 24.6 Å². The number of para-hydroxylation sites is 1. The number of carbonyl (C=O) groups excluding carboxylic acids is 3. The summed E-state index contributed by atoms with van der Waals surface area (Å²) in [4.78, 5) is 37.7. The highest BCUT2D eigenvalue weighted by Crippen LogP contribution is 2.30. The predicted octanol–water partition coefficient (Wildman–Crippen LogP) is 3.24. The van der Waals surface area contributed by atoms with Crippen molar-refractivity contribution in [2.24, 2.45) is 5.92 Å². The van der Waals surface area contributed by atoms with E-state index in [4.69, 9.17) is 4.74 Å². The van der Waals surface area contributed by atoms with Gasteiger partial charge in [0.15, 0.2) is 6.61 Å². The fraction of sp³-hybridized carbons (Fsp3) is 0.250. The van der Waals surface area contributed by atoms with Gasteiger partial charge in [-0.05, 0) is 30.3 Å². The van der Waals surface area contributed by atoms with Crippen LogP contribution in [0.15, 0.2) is 54.6 Å². The molecule has 6 nitrogen and oxygen atoms in total. The highest BCUT2D eigenvalue weighted by molar-refractivity contribution is 6.00. The van der Waals surface area contributed by atoms with E-state index in [0.29, 0.717) is 5.69 Å². The van der Waals surface area contributed by atoms with Gasteiger partial charge in [0.05, 0.1) is 11.5 Å². The zero-order chi connectivity index (χ0) is 21.0. The molecular weight excluding hydrogens is 389 g/mol. The third-order valence-corrected chi connectivity index (χ3v) is 4.35. The maximum absolute atomic E-state index is 12.7. The number of hydrogen-bond acceptors (Lipinski definition) is 4. The van der Waals surface area contributed by atoms with Crippen LogP contribution in [0.25, 0.3) is 0 Å². The number of nitrogens with one attached hydrogen (secondary N) is 1. The number of anilines is 2. The second kappa shape index (κ2) is 8.34. The lowest BCUT2D eigenvalue weighted by atomic mass is 10.1. The summed E-state index contributed by atoms with van der Waals surface area (Å²) < 4.78 is 43.1. The Morgan fingerprint density at radius 3 is 2.52 bits per heavy atom. The van der Waals surface area contributed by atoms with Crippen LogP contribution >= 0.6 is 0 Å². The summed E-state index contributed by atoms with van der Waals surface area (Å²) >= 11 is 0. The average Bonchev–Trinajstić information content (AvgIpc) is 3.08. The van der Waals surface area contributed by atoms with Gasteiger partial charge in [-0.3, -0.25) is 14.4 Å². The van der Waals surface area contributed by atoms with E-state index in [9.17, 15) is 27.6 Å². The van der Waals surface area contributed by atoms with Crippen LogP contribution in [0.2, 0.25) is 0 Å². The van der Waals surface area contributed by atoms with Crippen LogP contribution in [0.5, 0.6) is 0 Å². The first-order valence-electron chi connectivity index (χ1n) is 8.73. The molecular formula is C20H17F3N2O4. The van der Waals surface area contributed by atoms with E-state index >= 15 is 0 Å². The molecule has 0 spiro atoms. The zero-order valence-corrected chi connectivity index (χ0v) is 15.1. The second-order valence-electron chi connectivity index (χ2n) is 6.48. The summed E-state index contributed by atoms with van der Waals surface area (Å²) in [6.45, 7) is -0.526. The third-order valence-electron chi connectivity index (χ3n) is 4.35. The lowest BCUT2D eigenvalue weighted by Gasteiger charge is -2.16. The van der Waals surface area contributed by atoms with Crippen molar-refractivity contribution in [3.8, 4) is 0 Å². The monoisotopic (exact) mass is 406 g/mol. The lowest BCUT2D eigenvalue weighted by Crippen LogP contribution is -2.28. The van der Waals surface area contributed by atoms with E-state index in [0.717, 1.165) is 18.2 Å². The molecule has 152 valence electrons. The predicted molar refractivity (Wildman–Crippen MR) is 97.9 cm³/mol.